The van der Waals surface area contributed by atoms with Gasteiger partial charge in [-0.3, -0.25) is 4.79 Å². The average Bonchev–Trinajstić information content (AvgIpc) is 3.24. The molecule has 3 aromatic rings. The molecule has 4 heterocycles. The second-order valence-corrected chi connectivity index (χ2v) is 7.78. The summed E-state index contributed by atoms with van der Waals surface area (Å²) in [6.07, 6.45) is 9.87. The molecule has 1 amide bonds. The molecule has 0 aromatic carbocycles. The molecule has 0 unspecified atom stereocenters. The summed E-state index contributed by atoms with van der Waals surface area (Å²) in [6, 6.07) is 0. The largest absolute Gasteiger partial charge is 0.381 e. The summed E-state index contributed by atoms with van der Waals surface area (Å²) in [7, 11) is 0. The van der Waals surface area contributed by atoms with Gasteiger partial charge in [0.25, 0.3) is 5.91 Å². The Morgan fingerprint density at radius 2 is 1.96 bits per heavy atom. The van der Waals surface area contributed by atoms with Crippen LogP contribution in [0, 0.1) is 0 Å². The lowest BCUT2D eigenvalue weighted by atomic mass is 9.97. The number of hydrogen-bond donors (Lipinski definition) is 1. The molecule has 1 saturated heterocycles. The third kappa shape index (κ3) is 3.83. The number of imidazole rings is 1. The number of halogens is 1. The third-order valence-electron chi connectivity index (χ3n) is 4.92. The van der Waals surface area contributed by atoms with Crippen LogP contribution in [0.5, 0.6) is 0 Å². The van der Waals surface area contributed by atoms with Crippen LogP contribution < -0.4 is 5.32 Å². The standard InChI is InChI=1S/C18H19N5O2S.ClH/c24-17(14-10-26-18(21-14)12-1-2-12)22-15-9-23-8-13(20-16(23)7-19-15)11-3-5-25-6-4-11;/h7-12H,1-6H2,(H,22,24);1H. The Hall–Kier alpha value is -2.03. The van der Waals surface area contributed by atoms with Crippen LogP contribution in [0.25, 0.3) is 5.65 Å². The molecule has 2 fully saturated rings. The van der Waals surface area contributed by atoms with Crippen LogP contribution in [0.2, 0.25) is 0 Å². The number of rotatable bonds is 4. The van der Waals surface area contributed by atoms with E-state index in [9.17, 15) is 4.79 Å². The molecule has 2 aliphatic rings. The van der Waals surface area contributed by atoms with Crippen molar-refractivity contribution >= 4 is 41.1 Å². The minimum atomic E-state index is -0.218. The first-order valence-corrected chi connectivity index (χ1v) is 9.83. The minimum Gasteiger partial charge on any atom is -0.381 e. The van der Waals surface area contributed by atoms with Gasteiger partial charge in [0.1, 0.15) is 11.5 Å². The van der Waals surface area contributed by atoms with Gasteiger partial charge >= 0.3 is 0 Å². The number of carbonyl (C=O) groups is 1. The van der Waals surface area contributed by atoms with Gasteiger partial charge in [0.05, 0.1) is 23.1 Å². The van der Waals surface area contributed by atoms with Crippen LogP contribution in [0.1, 0.15) is 58.7 Å². The molecule has 1 N–H and O–H groups in total. The summed E-state index contributed by atoms with van der Waals surface area (Å²) >= 11 is 1.56. The van der Waals surface area contributed by atoms with Crippen molar-refractivity contribution in [2.24, 2.45) is 0 Å². The molecule has 7 nitrogen and oxygen atoms in total. The SMILES string of the molecule is Cl.O=C(Nc1cn2cc(C3CCOCC3)nc2cn1)c1csc(C2CC2)n1. The van der Waals surface area contributed by atoms with E-state index in [0.717, 1.165) is 42.4 Å². The fourth-order valence-corrected chi connectivity index (χ4v) is 4.23. The van der Waals surface area contributed by atoms with E-state index in [4.69, 9.17) is 4.74 Å². The fraction of sp³-hybridized carbons (Fsp3) is 0.444. The van der Waals surface area contributed by atoms with E-state index >= 15 is 0 Å². The zero-order valence-corrected chi connectivity index (χ0v) is 16.3. The van der Waals surface area contributed by atoms with Gasteiger partial charge in [-0.2, -0.15) is 0 Å². The predicted molar refractivity (Wildman–Crippen MR) is 105 cm³/mol. The lowest BCUT2D eigenvalue weighted by Crippen LogP contribution is -2.14. The van der Waals surface area contributed by atoms with E-state index in [1.807, 2.05) is 16.0 Å². The number of anilines is 1. The second kappa shape index (κ2) is 7.53. The van der Waals surface area contributed by atoms with E-state index in [1.165, 1.54) is 12.8 Å². The molecule has 142 valence electrons. The van der Waals surface area contributed by atoms with Gasteiger partial charge in [0.15, 0.2) is 5.65 Å². The summed E-state index contributed by atoms with van der Waals surface area (Å²) in [5, 5.41) is 5.72. The first kappa shape index (κ1) is 18.3. The lowest BCUT2D eigenvalue weighted by molar-refractivity contribution is 0.0846. The first-order chi connectivity index (χ1) is 12.8. The van der Waals surface area contributed by atoms with Crippen molar-refractivity contribution in [3.05, 3.63) is 40.4 Å². The molecule has 1 aliphatic carbocycles. The number of nitrogens with zero attached hydrogens (tertiary/aromatic N) is 4. The zero-order chi connectivity index (χ0) is 17.5. The van der Waals surface area contributed by atoms with Crippen LogP contribution in [0.15, 0.2) is 24.0 Å². The Bertz CT molecular complexity index is 962. The molecule has 3 aromatic heterocycles. The summed E-state index contributed by atoms with van der Waals surface area (Å²) in [5.41, 5.74) is 2.31. The predicted octanol–water partition coefficient (Wildman–Crippen LogP) is 3.63. The van der Waals surface area contributed by atoms with Gasteiger partial charge in [-0.05, 0) is 25.7 Å². The van der Waals surface area contributed by atoms with Crippen LogP contribution in [-0.2, 0) is 4.74 Å². The zero-order valence-electron chi connectivity index (χ0n) is 14.6. The number of amides is 1. The quantitative estimate of drug-likeness (QED) is 0.716. The highest BCUT2D eigenvalue weighted by molar-refractivity contribution is 7.10. The van der Waals surface area contributed by atoms with Crippen molar-refractivity contribution in [3.63, 3.8) is 0 Å². The van der Waals surface area contributed by atoms with Crippen molar-refractivity contribution in [2.75, 3.05) is 18.5 Å². The van der Waals surface area contributed by atoms with E-state index < -0.39 is 0 Å². The molecule has 0 radical (unpaired) electrons. The summed E-state index contributed by atoms with van der Waals surface area (Å²) in [4.78, 5) is 25.8. The maximum absolute atomic E-state index is 12.4. The topological polar surface area (TPSA) is 81.4 Å². The fourth-order valence-electron chi connectivity index (χ4n) is 3.26. The molecule has 5 rings (SSSR count). The Kier molecular flexibility index (Phi) is 5.12. The second-order valence-electron chi connectivity index (χ2n) is 6.89. The monoisotopic (exact) mass is 405 g/mol. The molecular formula is C18H20ClN5O2S. The van der Waals surface area contributed by atoms with Crippen LogP contribution >= 0.6 is 23.7 Å². The van der Waals surface area contributed by atoms with Crippen molar-refractivity contribution < 1.29 is 9.53 Å². The average molecular weight is 406 g/mol. The maximum Gasteiger partial charge on any atom is 0.276 e. The number of hydrogen-bond acceptors (Lipinski definition) is 6. The van der Waals surface area contributed by atoms with Gasteiger partial charge < -0.3 is 14.5 Å². The highest BCUT2D eigenvalue weighted by Crippen LogP contribution is 2.41. The number of aromatic nitrogens is 4. The number of ether oxygens (including phenoxy) is 1. The van der Waals surface area contributed by atoms with E-state index in [1.54, 1.807) is 23.7 Å². The van der Waals surface area contributed by atoms with Crippen molar-refractivity contribution in [1.82, 2.24) is 19.4 Å². The summed E-state index contributed by atoms with van der Waals surface area (Å²) < 4.78 is 7.34. The van der Waals surface area contributed by atoms with Crippen LogP contribution in [-0.4, -0.2) is 38.5 Å². The van der Waals surface area contributed by atoms with Gasteiger partial charge in [-0.15, -0.1) is 23.7 Å². The van der Waals surface area contributed by atoms with Crippen LogP contribution in [0.3, 0.4) is 0 Å². The van der Waals surface area contributed by atoms with Crippen molar-refractivity contribution in [2.45, 2.75) is 37.5 Å². The highest BCUT2D eigenvalue weighted by atomic mass is 35.5. The highest BCUT2D eigenvalue weighted by Gasteiger charge is 2.27. The van der Waals surface area contributed by atoms with E-state index in [2.05, 4.69) is 20.3 Å². The lowest BCUT2D eigenvalue weighted by Gasteiger charge is -2.19. The number of nitrogens with one attached hydrogen (secondary N) is 1. The van der Waals surface area contributed by atoms with Gasteiger partial charge in [-0.25, -0.2) is 15.0 Å². The number of carbonyl (C=O) groups excluding carboxylic acids is 1. The smallest absolute Gasteiger partial charge is 0.276 e. The molecule has 0 bridgehead atoms. The Morgan fingerprint density at radius 1 is 1.15 bits per heavy atom. The van der Waals surface area contributed by atoms with Gasteiger partial charge in [0.2, 0.25) is 0 Å². The van der Waals surface area contributed by atoms with E-state index in [0.29, 0.717) is 23.3 Å². The molecule has 27 heavy (non-hydrogen) atoms. The number of thiazole rings is 1. The Labute approximate surface area is 166 Å². The Balaban J connectivity index is 0.00000180. The first-order valence-electron chi connectivity index (χ1n) is 8.95. The molecule has 9 heteroatoms. The number of fused-ring (bicyclic) bond motifs is 1. The Morgan fingerprint density at radius 3 is 2.74 bits per heavy atom. The normalized spacial score (nSPS) is 17.6. The summed E-state index contributed by atoms with van der Waals surface area (Å²) in [5.74, 6) is 1.27. The maximum atomic E-state index is 12.4. The van der Waals surface area contributed by atoms with Crippen molar-refractivity contribution in [1.29, 1.82) is 0 Å². The van der Waals surface area contributed by atoms with Gasteiger partial charge in [-0.1, -0.05) is 0 Å². The summed E-state index contributed by atoms with van der Waals surface area (Å²) in [6.45, 7) is 1.57. The molecule has 1 aliphatic heterocycles. The molecule has 0 atom stereocenters. The molecular weight excluding hydrogens is 386 g/mol. The van der Waals surface area contributed by atoms with E-state index in [-0.39, 0.29) is 18.3 Å². The molecule has 0 spiro atoms. The van der Waals surface area contributed by atoms with Crippen LogP contribution in [0.4, 0.5) is 5.82 Å². The minimum absolute atomic E-state index is 0. The third-order valence-corrected chi connectivity index (χ3v) is 5.93. The van der Waals surface area contributed by atoms with Gasteiger partial charge in [0, 0.05) is 36.6 Å². The van der Waals surface area contributed by atoms with Crippen molar-refractivity contribution in [3.8, 4) is 0 Å². The molecule has 1 saturated carbocycles.